The van der Waals surface area contributed by atoms with E-state index in [1.165, 1.54) is 25.7 Å². The van der Waals surface area contributed by atoms with Gasteiger partial charge in [-0.05, 0) is 55.7 Å². The van der Waals surface area contributed by atoms with Gasteiger partial charge in [-0.25, -0.2) is 0 Å². The molecule has 0 atom stereocenters. The van der Waals surface area contributed by atoms with Crippen LogP contribution in [0.2, 0.25) is 0 Å². The van der Waals surface area contributed by atoms with Gasteiger partial charge in [0.15, 0.2) is 0 Å². The lowest BCUT2D eigenvalue weighted by molar-refractivity contribution is 0.0927. The molecule has 0 aliphatic heterocycles. The number of carbonyl (C=O) groups is 1. The van der Waals surface area contributed by atoms with E-state index in [0.29, 0.717) is 29.1 Å². The van der Waals surface area contributed by atoms with Gasteiger partial charge in [0.05, 0.1) is 5.56 Å². The van der Waals surface area contributed by atoms with Crippen molar-refractivity contribution in [2.45, 2.75) is 31.7 Å². The van der Waals surface area contributed by atoms with E-state index in [2.05, 4.69) is 21.2 Å². The number of benzene rings is 1. The van der Waals surface area contributed by atoms with Crippen LogP contribution < -0.4 is 11.1 Å². The second-order valence-electron chi connectivity index (χ2n) is 5.41. The van der Waals surface area contributed by atoms with Crippen LogP contribution in [0.5, 0.6) is 0 Å². The lowest BCUT2D eigenvalue weighted by Crippen LogP contribution is -2.38. The van der Waals surface area contributed by atoms with Crippen molar-refractivity contribution >= 4 is 27.5 Å². The number of nitrogen functional groups attached to an aromatic ring is 1. The number of hydrogen-bond acceptors (Lipinski definition) is 2. The van der Waals surface area contributed by atoms with Crippen molar-refractivity contribution in [3.63, 3.8) is 0 Å². The Kier molecular flexibility index (Phi) is 3.06. The maximum Gasteiger partial charge on any atom is 0.253 e. The van der Waals surface area contributed by atoms with E-state index in [1.54, 1.807) is 12.1 Å². The molecule has 4 heteroatoms. The molecule has 96 valence electrons. The molecule has 2 aliphatic rings. The molecular formula is C14H17BrN2O. The summed E-state index contributed by atoms with van der Waals surface area (Å²) >= 11 is 3.35. The molecule has 0 bridgehead atoms. The molecule has 1 aromatic carbocycles. The van der Waals surface area contributed by atoms with E-state index >= 15 is 0 Å². The number of hydrogen-bond donors (Lipinski definition) is 2. The predicted octanol–water partition coefficient (Wildman–Crippen LogP) is 2.95. The van der Waals surface area contributed by atoms with Crippen molar-refractivity contribution in [1.29, 1.82) is 0 Å². The molecule has 1 amide bonds. The molecular weight excluding hydrogens is 292 g/mol. The fraction of sp³-hybridized carbons (Fsp3) is 0.500. The van der Waals surface area contributed by atoms with Crippen LogP contribution in [0.4, 0.5) is 5.69 Å². The van der Waals surface area contributed by atoms with Crippen LogP contribution in [-0.4, -0.2) is 11.9 Å². The van der Waals surface area contributed by atoms with Crippen molar-refractivity contribution in [3.8, 4) is 0 Å². The van der Waals surface area contributed by atoms with Gasteiger partial charge in [-0.15, -0.1) is 0 Å². The molecule has 0 unspecified atom stereocenters. The van der Waals surface area contributed by atoms with E-state index < -0.39 is 0 Å². The molecule has 3 nitrogen and oxygen atoms in total. The van der Waals surface area contributed by atoms with Gasteiger partial charge in [0.1, 0.15) is 0 Å². The Labute approximate surface area is 115 Å². The number of rotatable bonds is 4. The highest BCUT2D eigenvalue weighted by Crippen LogP contribution is 2.44. The first-order valence-electron chi connectivity index (χ1n) is 6.51. The zero-order valence-corrected chi connectivity index (χ0v) is 11.7. The predicted molar refractivity (Wildman–Crippen MR) is 75.3 cm³/mol. The summed E-state index contributed by atoms with van der Waals surface area (Å²) < 4.78 is 0.900. The zero-order chi connectivity index (χ0) is 12.7. The van der Waals surface area contributed by atoms with Crippen molar-refractivity contribution in [2.75, 3.05) is 5.73 Å². The van der Waals surface area contributed by atoms with E-state index in [0.717, 1.165) is 4.47 Å². The number of anilines is 1. The Morgan fingerprint density at radius 1 is 1.28 bits per heavy atom. The molecule has 2 fully saturated rings. The van der Waals surface area contributed by atoms with Gasteiger partial charge in [-0.3, -0.25) is 4.79 Å². The summed E-state index contributed by atoms with van der Waals surface area (Å²) in [6.07, 6.45) is 5.04. The maximum absolute atomic E-state index is 12.2. The third kappa shape index (κ3) is 2.53. The normalized spacial score (nSPS) is 19.0. The fourth-order valence-electron chi connectivity index (χ4n) is 2.50. The van der Waals surface area contributed by atoms with Gasteiger partial charge in [-0.2, -0.15) is 0 Å². The summed E-state index contributed by atoms with van der Waals surface area (Å²) in [6, 6.07) is 5.79. The van der Waals surface area contributed by atoms with Gasteiger partial charge in [0.25, 0.3) is 5.91 Å². The van der Waals surface area contributed by atoms with E-state index in [-0.39, 0.29) is 5.91 Å². The van der Waals surface area contributed by atoms with Crippen LogP contribution in [0.3, 0.4) is 0 Å². The summed E-state index contributed by atoms with van der Waals surface area (Å²) in [5, 5.41) is 3.18. The minimum atomic E-state index is -0.0243. The third-order valence-corrected chi connectivity index (χ3v) is 4.31. The molecule has 3 rings (SSSR count). The number of halogens is 1. The Bertz CT molecular complexity index is 469. The van der Waals surface area contributed by atoms with Crippen molar-refractivity contribution in [1.82, 2.24) is 5.32 Å². The van der Waals surface area contributed by atoms with Gasteiger partial charge in [-0.1, -0.05) is 15.9 Å². The lowest BCUT2D eigenvalue weighted by Gasteiger charge is -2.18. The summed E-state index contributed by atoms with van der Waals surface area (Å²) in [6.45, 7) is 0. The minimum absolute atomic E-state index is 0.0243. The van der Waals surface area contributed by atoms with Crippen molar-refractivity contribution in [2.24, 2.45) is 11.8 Å². The molecule has 18 heavy (non-hydrogen) atoms. The van der Waals surface area contributed by atoms with E-state index in [1.807, 2.05) is 6.07 Å². The number of amides is 1. The third-order valence-electron chi connectivity index (χ3n) is 3.82. The van der Waals surface area contributed by atoms with Gasteiger partial charge in [0.2, 0.25) is 0 Å². The smallest absolute Gasteiger partial charge is 0.253 e. The topological polar surface area (TPSA) is 55.1 Å². The van der Waals surface area contributed by atoms with Crippen LogP contribution in [-0.2, 0) is 0 Å². The lowest BCUT2D eigenvalue weighted by atomic mass is 10.1. The maximum atomic E-state index is 12.2. The Morgan fingerprint density at radius 2 is 1.89 bits per heavy atom. The Morgan fingerprint density at radius 3 is 2.39 bits per heavy atom. The molecule has 0 heterocycles. The second kappa shape index (κ2) is 4.57. The summed E-state index contributed by atoms with van der Waals surface area (Å²) in [7, 11) is 0. The first kappa shape index (κ1) is 12.0. The van der Waals surface area contributed by atoms with Crippen molar-refractivity contribution < 1.29 is 4.79 Å². The summed E-state index contributed by atoms with van der Waals surface area (Å²) in [4.78, 5) is 12.2. The molecule has 1 aromatic rings. The quantitative estimate of drug-likeness (QED) is 0.840. The molecule has 0 spiro atoms. The highest BCUT2D eigenvalue weighted by molar-refractivity contribution is 9.10. The molecule has 2 aliphatic carbocycles. The number of nitrogens with two attached hydrogens (primary N) is 1. The zero-order valence-electron chi connectivity index (χ0n) is 10.2. The standard InChI is InChI=1S/C14H17BrN2O/c15-10-5-6-11(12(16)7-10)14(18)17-13(8-1-2-8)9-3-4-9/h5-9,13H,1-4,16H2,(H,17,18). The number of nitrogens with one attached hydrogen (secondary N) is 1. The SMILES string of the molecule is Nc1cc(Br)ccc1C(=O)NC(C1CC1)C1CC1. The highest BCUT2D eigenvalue weighted by atomic mass is 79.9. The van der Waals surface area contributed by atoms with Gasteiger partial charge < -0.3 is 11.1 Å². The second-order valence-corrected chi connectivity index (χ2v) is 6.32. The van der Waals surface area contributed by atoms with Gasteiger partial charge in [0, 0.05) is 16.2 Å². The van der Waals surface area contributed by atoms with E-state index in [9.17, 15) is 4.79 Å². The van der Waals surface area contributed by atoms with Gasteiger partial charge >= 0.3 is 0 Å². The molecule has 0 saturated heterocycles. The summed E-state index contributed by atoms with van der Waals surface area (Å²) in [5.74, 6) is 1.39. The highest BCUT2D eigenvalue weighted by Gasteiger charge is 2.42. The van der Waals surface area contributed by atoms with Crippen LogP contribution >= 0.6 is 15.9 Å². The largest absolute Gasteiger partial charge is 0.398 e. The van der Waals surface area contributed by atoms with Crippen LogP contribution in [0.1, 0.15) is 36.0 Å². The first-order valence-corrected chi connectivity index (χ1v) is 7.30. The molecule has 0 aromatic heterocycles. The first-order chi connectivity index (χ1) is 8.65. The average Bonchev–Trinajstić information content (AvgIpc) is 3.17. The Balaban J connectivity index is 1.73. The van der Waals surface area contributed by atoms with Crippen LogP contribution in [0, 0.1) is 11.8 Å². The fourth-order valence-corrected chi connectivity index (χ4v) is 2.88. The Hall–Kier alpha value is -1.03. The monoisotopic (exact) mass is 308 g/mol. The number of carbonyl (C=O) groups excluding carboxylic acids is 1. The van der Waals surface area contributed by atoms with Crippen molar-refractivity contribution in [3.05, 3.63) is 28.2 Å². The summed E-state index contributed by atoms with van der Waals surface area (Å²) in [5.41, 5.74) is 7.01. The molecule has 0 radical (unpaired) electrons. The van der Waals surface area contributed by atoms with Crippen LogP contribution in [0.25, 0.3) is 0 Å². The molecule has 3 N–H and O–H groups in total. The average molecular weight is 309 g/mol. The van der Waals surface area contributed by atoms with E-state index in [4.69, 9.17) is 5.73 Å². The van der Waals surface area contributed by atoms with Crippen LogP contribution in [0.15, 0.2) is 22.7 Å². The minimum Gasteiger partial charge on any atom is -0.398 e. The molecule has 2 saturated carbocycles.